The average Bonchev–Trinajstić information content (AvgIpc) is 3.27. The number of aromatic nitrogens is 1. The van der Waals surface area contributed by atoms with Gasteiger partial charge in [0.1, 0.15) is 11.9 Å². The molecule has 1 fully saturated rings. The number of rotatable bonds is 5. The van der Waals surface area contributed by atoms with Crippen molar-refractivity contribution in [3.8, 4) is 17.7 Å². The minimum atomic E-state index is -0.528. The second-order valence-electron chi connectivity index (χ2n) is 8.09. The van der Waals surface area contributed by atoms with Crippen LogP contribution in [0, 0.1) is 18.3 Å². The number of primary amides is 1. The molecule has 1 saturated carbocycles. The van der Waals surface area contributed by atoms with Crippen LogP contribution >= 0.6 is 0 Å². The quantitative estimate of drug-likeness (QED) is 0.762. The normalized spacial score (nSPS) is 18.2. The Bertz CT molecular complexity index is 1110. The van der Waals surface area contributed by atoms with Gasteiger partial charge in [0.2, 0.25) is 11.8 Å². The molecule has 1 aromatic heterocycles. The van der Waals surface area contributed by atoms with Gasteiger partial charge >= 0.3 is 0 Å². The van der Waals surface area contributed by atoms with Gasteiger partial charge in [-0.1, -0.05) is 6.07 Å². The van der Waals surface area contributed by atoms with E-state index < -0.39 is 11.8 Å². The smallest absolute Gasteiger partial charge is 0.247 e. The molecule has 1 aliphatic heterocycles. The number of hydrogen-bond acceptors (Lipinski definition) is 6. The Morgan fingerprint density at radius 1 is 1.29 bits per heavy atom. The summed E-state index contributed by atoms with van der Waals surface area (Å²) in [6, 6.07) is 7.33. The third-order valence-electron chi connectivity index (χ3n) is 6.08. The molecule has 1 aliphatic carbocycles. The molecular weight excluding hydrogens is 392 g/mol. The Morgan fingerprint density at radius 3 is 2.68 bits per heavy atom. The number of allylic oxidation sites excluding steroid dienone is 1. The van der Waals surface area contributed by atoms with Gasteiger partial charge in [-0.25, -0.2) is 4.98 Å². The van der Waals surface area contributed by atoms with Crippen molar-refractivity contribution in [1.82, 2.24) is 4.98 Å². The Balaban J connectivity index is 1.96. The van der Waals surface area contributed by atoms with E-state index in [9.17, 15) is 10.1 Å². The second-order valence-corrected chi connectivity index (χ2v) is 8.09. The number of carbonyl (C=O) groups is 1. The predicted molar refractivity (Wildman–Crippen MR) is 117 cm³/mol. The van der Waals surface area contributed by atoms with E-state index in [-0.39, 0.29) is 6.10 Å². The molecule has 2 aromatic rings. The van der Waals surface area contributed by atoms with E-state index in [0.29, 0.717) is 28.5 Å². The van der Waals surface area contributed by atoms with E-state index in [0.717, 1.165) is 48.1 Å². The van der Waals surface area contributed by atoms with Crippen LogP contribution in [0.15, 0.2) is 35.7 Å². The number of benzene rings is 1. The van der Waals surface area contributed by atoms with Gasteiger partial charge in [-0.05, 0) is 57.2 Å². The number of nitrogens with two attached hydrogens (primary N) is 1. The Kier molecular flexibility index (Phi) is 5.55. The lowest BCUT2D eigenvalue weighted by atomic mass is 9.79. The summed E-state index contributed by atoms with van der Waals surface area (Å²) in [6.45, 7) is 3.80. The van der Waals surface area contributed by atoms with Crippen LogP contribution in [0.1, 0.15) is 60.8 Å². The third-order valence-corrected chi connectivity index (χ3v) is 6.08. The van der Waals surface area contributed by atoms with Crippen molar-refractivity contribution in [3.63, 3.8) is 0 Å². The molecule has 1 aromatic carbocycles. The first-order valence-corrected chi connectivity index (χ1v) is 10.5. The van der Waals surface area contributed by atoms with Gasteiger partial charge < -0.3 is 20.5 Å². The van der Waals surface area contributed by atoms with Gasteiger partial charge in [0, 0.05) is 23.0 Å². The monoisotopic (exact) mass is 418 g/mol. The number of pyridine rings is 1. The Hall–Kier alpha value is -3.53. The van der Waals surface area contributed by atoms with Crippen LogP contribution in [0.5, 0.6) is 11.6 Å². The molecule has 1 amide bonds. The molecule has 4 rings (SSSR count). The number of methoxy groups -OCH3 is 1. The highest BCUT2D eigenvalue weighted by Crippen LogP contribution is 2.49. The average molecular weight is 418 g/mol. The first-order chi connectivity index (χ1) is 14.9. The summed E-state index contributed by atoms with van der Waals surface area (Å²) in [5.41, 5.74) is 10.7. The summed E-state index contributed by atoms with van der Waals surface area (Å²) in [7, 11) is 1.55. The van der Waals surface area contributed by atoms with E-state index in [1.165, 1.54) is 0 Å². The number of nitrogens with one attached hydrogen (secondary N) is 1. The lowest BCUT2D eigenvalue weighted by molar-refractivity contribution is -0.114. The maximum atomic E-state index is 12.6. The number of carbonyl (C=O) groups excluding carboxylic acids is 1. The molecule has 0 radical (unpaired) electrons. The molecule has 31 heavy (non-hydrogen) atoms. The van der Waals surface area contributed by atoms with E-state index in [2.05, 4.69) is 16.4 Å². The van der Waals surface area contributed by atoms with E-state index in [4.69, 9.17) is 15.2 Å². The van der Waals surface area contributed by atoms with Crippen molar-refractivity contribution in [2.75, 3.05) is 12.4 Å². The first kappa shape index (κ1) is 20.7. The fourth-order valence-electron chi connectivity index (χ4n) is 4.57. The fraction of sp³-hybridized carbons (Fsp3) is 0.375. The zero-order valence-electron chi connectivity index (χ0n) is 18.0. The van der Waals surface area contributed by atoms with Crippen molar-refractivity contribution in [2.24, 2.45) is 5.73 Å². The zero-order valence-corrected chi connectivity index (χ0v) is 18.0. The summed E-state index contributed by atoms with van der Waals surface area (Å²) in [4.78, 5) is 17.2. The second kappa shape index (κ2) is 8.31. The van der Waals surface area contributed by atoms with Gasteiger partial charge in [-0.3, -0.25) is 4.79 Å². The number of amides is 1. The summed E-state index contributed by atoms with van der Waals surface area (Å²) in [5, 5.41) is 12.7. The van der Waals surface area contributed by atoms with E-state index in [1.807, 2.05) is 19.9 Å². The number of ether oxygens (including phenoxy) is 2. The molecule has 7 heteroatoms. The molecular formula is C24H26N4O3. The minimum absolute atomic E-state index is 0.104. The van der Waals surface area contributed by atoms with Crippen molar-refractivity contribution >= 4 is 11.6 Å². The maximum Gasteiger partial charge on any atom is 0.247 e. The number of nitriles is 1. The largest absolute Gasteiger partial charge is 0.496 e. The standard InChI is InChI=1S/C24H26N4O3/c1-13-12-27-24(31-16-6-4-5-7-16)21-20(19(23(26)29)14(2)28-22(13)21)17-9-8-15(11-25)10-18(17)30-3/h8-10,12,16,20,28H,4-7H2,1-3H3,(H2,26,29)/t20-/m1/s1. The van der Waals surface area contributed by atoms with Crippen LogP contribution in [0.2, 0.25) is 0 Å². The zero-order chi connectivity index (χ0) is 22.1. The van der Waals surface area contributed by atoms with E-state index in [1.54, 1.807) is 25.4 Å². The van der Waals surface area contributed by atoms with Gasteiger partial charge in [0.15, 0.2) is 0 Å². The lowest BCUT2D eigenvalue weighted by Gasteiger charge is -2.33. The maximum absolute atomic E-state index is 12.6. The number of nitrogens with zero attached hydrogens (tertiary/aromatic N) is 2. The van der Waals surface area contributed by atoms with Crippen LogP contribution in [0.25, 0.3) is 0 Å². The molecule has 0 unspecified atom stereocenters. The molecule has 0 bridgehead atoms. The predicted octanol–water partition coefficient (Wildman–Crippen LogP) is 3.91. The van der Waals surface area contributed by atoms with Gasteiger partial charge in [-0.2, -0.15) is 5.26 Å². The van der Waals surface area contributed by atoms with Crippen LogP contribution in [-0.4, -0.2) is 24.1 Å². The SMILES string of the molecule is COc1cc(C#N)ccc1[C@@H]1C(C(N)=O)=C(C)Nc2c(C)cnc(OC3CCCC3)c21. The van der Waals surface area contributed by atoms with Gasteiger partial charge in [-0.15, -0.1) is 0 Å². The van der Waals surface area contributed by atoms with Gasteiger partial charge in [0.05, 0.1) is 35.9 Å². The van der Waals surface area contributed by atoms with Gasteiger partial charge in [0.25, 0.3) is 0 Å². The molecule has 2 aliphatic rings. The molecule has 1 atom stereocenters. The summed E-state index contributed by atoms with van der Waals surface area (Å²) >= 11 is 0. The number of anilines is 1. The highest BCUT2D eigenvalue weighted by molar-refractivity contribution is 5.98. The Labute approximate surface area is 181 Å². The first-order valence-electron chi connectivity index (χ1n) is 10.5. The summed E-state index contributed by atoms with van der Waals surface area (Å²) in [6.07, 6.45) is 6.13. The topological polar surface area (TPSA) is 110 Å². The third kappa shape index (κ3) is 3.70. The van der Waals surface area contributed by atoms with Crippen LogP contribution in [0.4, 0.5) is 5.69 Å². The highest BCUT2D eigenvalue weighted by atomic mass is 16.5. The lowest BCUT2D eigenvalue weighted by Crippen LogP contribution is -2.29. The molecule has 0 saturated heterocycles. The van der Waals surface area contributed by atoms with E-state index >= 15 is 0 Å². The van der Waals surface area contributed by atoms with Crippen molar-refractivity contribution in [1.29, 1.82) is 5.26 Å². The molecule has 3 N–H and O–H groups in total. The van der Waals surface area contributed by atoms with Crippen molar-refractivity contribution in [3.05, 3.63) is 57.9 Å². The Morgan fingerprint density at radius 2 is 2.03 bits per heavy atom. The molecule has 2 heterocycles. The minimum Gasteiger partial charge on any atom is -0.496 e. The number of fused-ring (bicyclic) bond motifs is 1. The molecule has 7 nitrogen and oxygen atoms in total. The van der Waals surface area contributed by atoms with Crippen molar-refractivity contribution in [2.45, 2.75) is 51.6 Å². The fourth-order valence-corrected chi connectivity index (χ4v) is 4.57. The van der Waals surface area contributed by atoms with Crippen LogP contribution in [-0.2, 0) is 4.79 Å². The molecule has 0 spiro atoms. The number of hydrogen-bond donors (Lipinski definition) is 2. The van der Waals surface area contributed by atoms with Crippen molar-refractivity contribution < 1.29 is 14.3 Å². The van der Waals surface area contributed by atoms with Crippen LogP contribution in [0.3, 0.4) is 0 Å². The summed E-state index contributed by atoms with van der Waals surface area (Å²) < 4.78 is 12.0. The summed E-state index contributed by atoms with van der Waals surface area (Å²) in [5.74, 6) is -0.0416. The highest BCUT2D eigenvalue weighted by Gasteiger charge is 2.37. The molecule has 160 valence electrons. The van der Waals surface area contributed by atoms with Crippen LogP contribution < -0.4 is 20.5 Å². The number of aryl methyl sites for hydroxylation is 1.